The summed E-state index contributed by atoms with van der Waals surface area (Å²) in [6.07, 6.45) is 0. The van der Waals surface area contributed by atoms with Gasteiger partial charge >= 0.3 is 116 Å². The molecule has 2 N–H and O–H groups in total. The summed E-state index contributed by atoms with van der Waals surface area (Å²) in [6, 6.07) is 0. The van der Waals surface area contributed by atoms with Gasteiger partial charge in [-0.1, -0.05) is 0 Å². The summed E-state index contributed by atoms with van der Waals surface area (Å²) >= 11 is 0. The van der Waals surface area contributed by atoms with Gasteiger partial charge < -0.3 is 0 Å². The number of quaternary nitrogens is 2. The maximum Gasteiger partial charge on any atom is 1.00 e. The van der Waals surface area contributed by atoms with E-state index in [1.165, 1.54) is 19.8 Å². The third kappa shape index (κ3) is 6.67. The summed E-state index contributed by atoms with van der Waals surface area (Å²) in [6.45, 7) is 4.01. The van der Waals surface area contributed by atoms with Crippen LogP contribution in [0.3, 0.4) is 0 Å². The third-order valence-corrected chi connectivity index (χ3v) is 1.58. The second kappa shape index (κ2) is 8.14. The molecule has 0 saturated carbocycles. The first-order chi connectivity index (χ1) is 3.29. The van der Waals surface area contributed by atoms with Crippen LogP contribution >= 0.6 is 0 Å². The van der Waals surface area contributed by atoms with Crippen molar-refractivity contribution in [3.8, 4) is 0 Å². The zero-order valence-electron chi connectivity index (χ0n) is 7.12. The summed E-state index contributed by atoms with van der Waals surface area (Å²) < 4.78 is 0. The van der Waals surface area contributed by atoms with Crippen molar-refractivity contribution in [1.82, 2.24) is 0 Å². The number of hydrogen-bond acceptors (Lipinski definition) is 0. The molecule has 1 rings (SSSR count). The average Bonchev–Trinajstić information content (AvgIpc) is 1.87. The van der Waals surface area contributed by atoms with Crippen molar-refractivity contribution in [1.29, 1.82) is 0 Å². The van der Waals surface area contributed by atoms with Gasteiger partial charge in [0.1, 0.15) is 13.1 Å². The monoisotopic (exact) mass is 272 g/mol. The van der Waals surface area contributed by atoms with E-state index in [0.29, 0.717) is 0 Å². The van der Waals surface area contributed by atoms with Gasteiger partial charge in [-0.05, 0) is 0 Å². The van der Waals surface area contributed by atoms with Gasteiger partial charge in [-0.3, -0.25) is 9.80 Å². The third-order valence-electron chi connectivity index (χ3n) is 1.58. The fourth-order valence-corrected chi connectivity index (χ4v) is 1.12. The van der Waals surface area contributed by atoms with E-state index in [-0.39, 0.29) is 116 Å². The van der Waals surface area contributed by atoms with Crippen molar-refractivity contribution in [2.45, 2.75) is 0 Å². The minimum Gasteiger partial charge on any atom is -0.286 e. The summed E-state index contributed by atoms with van der Waals surface area (Å²) in [4.78, 5) is 3.33. The summed E-state index contributed by atoms with van der Waals surface area (Å²) in [5, 5.41) is 0. The van der Waals surface area contributed by atoms with Gasteiger partial charge in [0, 0.05) is 0 Å². The van der Waals surface area contributed by atoms with E-state index in [9.17, 15) is 0 Å². The van der Waals surface area contributed by atoms with Gasteiger partial charge in [-0.2, -0.15) is 0 Å². The Morgan fingerprint density at radius 2 is 1.22 bits per heavy atom. The smallest absolute Gasteiger partial charge is 0.286 e. The normalized spacial score (nSPS) is 32.7. The van der Waals surface area contributed by atoms with E-state index < -0.39 is 0 Å². The predicted octanol–water partition coefficient (Wildman–Crippen LogP) is -9.01. The molecule has 1 aliphatic rings. The van der Waals surface area contributed by atoms with Gasteiger partial charge in [0.2, 0.25) is 6.67 Å². The molecule has 0 bridgehead atoms. The van der Waals surface area contributed by atoms with Crippen LogP contribution in [0.5, 0.6) is 0 Å². The first-order valence-electron chi connectivity index (χ1n) is 2.91. The Hall–Kier alpha value is 3.53. The van der Waals surface area contributed by atoms with Crippen LogP contribution in [0.25, 0.3) is 0 Å². The van der Waals surface area contributed by atoms with Gasteiger partial charge in [0.15, 0.2) is 0 Å². The molecule has 0 spiro atoms. The molecule has 42 valence electrons. The Labute approximate surface area is 155 Å². The van der Waals surface area contributed by atoms with Crippen molar-refractivity contribution >= 4 is 0 Å². The van der Waals surface area contributed by atoms with Crippen LogP contribution in [-0.2, 0) is 0 Å². The van der Waals surface area contributed by atoms with Crippen molar-refractivity contribution < 1.29 is 126 Å². The summed E-state index contributed by atoms with van der Waals surface area (Å²) in [5.74, 6) is 0. The van der Waals surface area contributed by atoms with E-state index in [1.54, 1.807) is 9.80 Å². The molecule has 1 saturated heterocycles. The van der Waals surface area contributed by atoms with Gasteiger partial charge in [-0.25, -0.2) is 0 Å². The van der Waals surface area contributed by atoms with Gasteiger partial charge in [-0.15, -0.1) is 0 Å². The Bertz CT molecular complexity index is 62.0. The molecule has 9 heavy (non-hydrogen) atoms. The summed E-state index contributed by atoms with van der Waals surface area (Å²) in [7, 11) is 4.49. The van der Waals surface area contributed by atoms with E-state index >= 15 is 0 Å². The SMILES string of the molecule is C[NH+]1CC[NH+](C)C1.[Rb+].[Rb+]. The molecule has 2 atom stereocenters. The van der Waals surface area contributed by atoms with E-state index in [4.69, 9.17) is 0 Å². The van der Waals surface area contributed by atoms with Crippen LogP contribution in [0, 0.1) is 0 Å². The van der Waals surface area contributed by atoms with Crippen LogP contribution in [0.2, 0.25) is 0 Å². The molecule has 0 amide bonds. The molecule has 0 aromatic carbocycles. The first-order valence-corrected chi connectivity index (χ1v) is 2.91. The maximum absolute atomic E-state index is 2.25. The van der Waals surface area contributed by atoms with Crippen LogP contribution in [-0.4, -0.2) is 33.9 Å². The minimum absolute atomic E-state index is 0. The minimum atomic E-state index is 0. The van der Waals surface area contributed by atoms with E-state index in [2.05, 4.69) is 14.1 Å². The zero-order chi connectivity index (χ0) is 5.28. The molecular formula is C5H14N2Rb2+4. The van der Waals surface area contributed by atoms with E-state index in [0.717, 1.165) is 0 Å². The standard InChI is InChI=1S/C5H12N2.2Rb/c1-6-3-4-7(2)5-6;;/h3-5H2,1-2H3;;/q;2*+1/p+2. The van der Waals surface area contributed by atoms with Crippen LogP contribution < -0.4 is 126 Å². The van der Waals surface area contributed by atoms with Crippen molar-refractivity contribution in [3.05, 3.63) is 0 Å². The van der Waals surface area contributed by atoms with Crippen molar-refractivity contribution in [3.63, 3.8) is 0 Å². The second-order valence-corrected chi connectivity index (χ2v) is 2.59. The Morgan fingerprint density at radius 1 is 0.889 bits per heavy atom. The maximum atomic E-state index is 2.25. The molecule has 2 nitrogen and oxygen atoms in total. The average molecular weight is 273 g/mol. The van der Waals surface area contributed by atoms with Crippen molar-refractivity contribution in [2.24, 2.45) is 0 Å². The number of nitrogens with one attached hydrogen (secondary N) is 2. The molecule has 0 aromatic rings. The van der Waals surface area contributed by atoms with Gasteiger partial charge in [0.05, 0.1) is 14.1 Å². The fourth-order valence-electron chi connectivity index (χ4n) is 1.12. The molecule has 1 aliphatic heterocycles. The van der Waals surface area contributed by atoms with Crippen LogP contribution in [0.1, 0.15) is 0 Å². The van der Waals surface area contributed by atoms with Gasteiger partial charge in [0.25, 0.3) is 0 Å². The molecular weight excluding hydrogens is 259 g/mol. The molecule has 2 unspecified atom stereocenters. The summed E-state index contributed by atoms with van der Waals surface area (Å²) in [5.41, 5.74) is 0. The molecule has 4 heteroatoms. The van der Waals surface area contributed by atoms with Crippen LogP contribution in [0.15, 0.2) is 0 Å². The largest absolute Gasteiger partial charge is 1.00 e. The zero-order valence-corrected chi connectivity index (χ0v) is 17.0. The molecule has 0 radical (unpaired) electrons. The molecule has 1 heterocycles. The molecule has 0 aromatic heterocycles. The van der Waals surface area contributed by atoms with Crippen molar-refractivity contribution in [2.75, 3.05) is 33.9 Å². The fraction of sp³-hybridized carbons (Fsp3) is 1.00. The molecule has 0 aliphatic carbocycles. The first kappa shape index (κ1) is 15.0. The topological polar surface area (TPSA) is 8.88 Å². The number of rotatable bonds is 0. The number of hydrogen-bond donors (Lipinski definition) is 2. The second-order valence-electron chi connectivity index (χ2n) is 2.59. The Kier molecular flexibility index (Phi) is 13.6. The predicted molar refractivity (Wildman–Crippen MR) is 28.4 cm³/mol. The Morgan fingerprint density at radius 3 is 1.33 bits per heavy atom. The quantitative estimate of drug-likeness (QED) is 0.434. The van der Waals surface area contributed by atoms with E-state index in [1.807, 2.05) is 0 Å². The van der Waals surface area contributed by atoms with Crippen LogP contribution in [0.4, 0.5) is 0 Å². The number of likely N-dealkylation sites (N-methyl/N-ethyl adjacent to an activating group) is 2. The Balaban J connectivity index is 0. The molecule has 1 fully saturated rings.